The number of benzene rings is 1. The number of halogens is 4. The normalized spacial score (nSPS) is 11.2. The van der Waals surface area contributed by atoms with Crippen LogP contribution in [0.2, 0.25) is 5.02 Å². The summed E-state index contributed by atoms with van der Waals surface area (Å²) in [7, 11) is 0. The molecule has 0 saturated heterocycles. The highest BCUT2D eigenvalue weighted by molar-refractivity contribution is 6.33. The zero-order chi connectivity index (χ0) is 17.7. The van der Waals surface area contributed by atoms with Gasteiger partial charge in [-0.15, -0.1) is 10.2 Å². The van der Waals surface area contributed by atoms with Gasteiger partial charge in [0.1, 0.15) is 0 Å². The van der Waals surface area contributed by atoms with E-state index in [1.165, 1.54) is 12.1 Å². The SMILES string of the molecule is CCCC(=O)Nc1ccc(Nc2cc(C(F)(F)F)ccc2Cl)nn1. The molecule has 0 fully saturated rings. The molecule has 5 nitrogen and oxygen atoms in total. The molecule has 1 aromatic carbocycles. The van der Waals surface area contributed by atoms with Gasteiger partial charge in [0.25, 0.3) is 0 Å². The van der Waals surface area contributed by atoms with Gasteiger partial charge in [-0.2, -0.15) is 13.2 Å². The number of amides is 1. The second kappa shape index (κ2) is 7.48. The van der Waals surface area contributed by atoms with Gasteiger partial charge in [-0.05, 0) is 36.8 Å². The van der Waals surface area contributed by atoms with Crippen LogP contribution >= 0.6 is 11.6 Å². The molecule has 2 rings (SSSR count). The summed E-state index contributed by atoms with van der Waals surface area (Å²) in [6.45, 7) is 1.87. The van der Waals surface area contributed by atoms with Crippen LogP contribution in [0.15, 0.2) is 30.3 Å². The van der Waals surface area contributed by atoms with Gasteiger partial charge in [0.2, 0.25) is 5.91 Å². The molecule has 1 heterocycles. The minimum absolute atomic E-state index is 0.0589. The van der Waals surface area contributed by atoms with Crippen molar-refractivity contribution in [2.75, 3.05) is 10.6 Å². The van der Waals surface area contributed by atoms with E-state index >= 15 is 0 Å². The largest absolute Gasteiger partial charge is 0.416 e. The third-order valence-electron chi connectivity index (χ3n) is 2.97. The summed E-state index contributed by atoms with van der Waals surface area (Å²) in [4.78, 5) is 11.4. The number of anilines is 3. The number of alkyl halides is 3. The van der Waals surface area contributed by atoms with Crippen LogP contribution in [0.5, 0.6) is 0 Å². The van der Waals surface area contributed by atoms with Gasteiger partial charge in [-0.3, -0.25) is 4.79 Å². The maximum Gasteiger partial charge on any atom is 0.416 e. The molecule has 0 saturated carbocycles. The fourth-order valence-corrected chi connectivity index (χ4v) is 2.00. The van der Waals surface area contributed by atoms with Crippen LogP contribution in [0.1, 0.15) is 25.3 Å². The molecule has 2 N–H and O–H groups in total. The van der Waals surface area contributed by atoms with Crippen molar-refractivity contribution in [1.82, 2.24) is 10.2 Å². The molecule has 128 valence electrons. The van der Waals surface area contributed by atoms with E-state index in [-0.39, 0.29) is 28.3 Å². The number of hydrogen-bond acceptors (Lipinski definition) is 4. The maximum absolute atomic E-state index is 12.7. The Balaban J connectivity index is 2.13. The first-order valence-corrected chi connectivity index (χ1v) is 7.44. The second-order valence-electron chi connectivity index (χ2n) is 4.92. The highest BCUT2D eigenvalue weighted by atomic mass is 35.5. The standard InChI is InChI=1S/C15H14ClF3N4O/c1-2-3-14(24)21-13-7-6-12(22-23-13)20-11-8-9(15(17,18)19)4-5-10(11)16/h4-8H,2-3H2,1H3,(H,20,22)(H,21,23,24). The van der Waals surface area contributed by atoms with Crippen LogP contribution in [-0.2, 0) is 11.0 Å². The Morgan fingerprint density at radius 1 is 1.17 bits per heavy atom. The average Bonchev–Trinajstić information content (AvgIpc) is 2.50. The van der Waals surface area contributed by atoms with Crippen molar-refractivity contribution < 1.29 is 18.0 Å². The summed E-state index contributed by atoms with van der Waals surface area (Å²) < 4.78 is 38.2. The van der Waals surface area contributed by atoms with Crippen LogP contribution in [0.4, 0.5) is 30.5 Å². The Kier molecular flexibility index (Phi) is 5.61. The number of hydrogen-bond donors (Lipinski definition) is 2. The third kappa shape index (κ3) is 4.82. The number of carbonyl (C=O) groups is 1. The Labute approximate surface area is 141 Å². The van der Waals surface area contributed by atoms with E-state index < -0.39 is 11.7 Å². The number of nitrogens with zero attached hydrogens (tertiary/aromatic N) is 2. The predicted molar refractivity (Wildman–Crippen MR) is 85.3 cm³/mol. The first kappa shape index (κ1) is 18.0. The lowest BCUT2D eigenvalue weighted by Gasteiger charge is -2.12. The maximum atomic E-state index is 12.7. The fourth-order valence-electron chi connectivity index (χ4n) is 1.83. The van der Waals surface area contributed by atoms with Crippen molar-refractivity contribution in [2.24, 2.45) is 0 Å². The van der Waals surface area contributed by atoms with Crippen LogP contribution in [0.25, 0.3) is 0 Å². The van der Waals surface area contributed by atoms with Gasteiger partial charge in [-0.1, -0.05) is 18.5 Å². The van der Waals surface area contributed by atoms with Crippen molar-refractivity contribution in [3.63, 3.8) is 0 Å². The molecule has 9 heteroatoms. The van der Waals surface area contributed by atoms with E-state index in [0.717, 1.165) is 18.2 Å². The molecule has 0 radical (unpaired) electrons. The smallest absolute Gasteiger partial charge is 0.338 e. The molecular formula is C15H14ClF3N4O. The molecule has 2 aromatic rings. The van der Waals surface area contributed by atoms with E-state index in [4.69, 9.17) is 11.6 Å². The molecule has 0 atom stereocenters. The van der Waals surface area contributed by atoms with Gasteiger partial charge in [0.05, 0.1) is 16.3 Å². The monoisotopic (exact) mass is 358 g/mol. The summed E-state index contributed by atoms with van der Waals surface area (Å²) in [5, 5.41) is 12.9. The van der Waals surface area contributed by atoms with Crippen molar-refractivity contribution in [3.05, 3.63) is 40.9 Å². The van der Waals surface area contributed by atoms with Crippen LogP contribution in [0, 0.1) is 0 Å². The molecule has 1 aromatic heterocycles. The van der Waals surface area contributed by atoms with Crippen molar-refractivity contribution in [3.8, 4) is 0 Å². The summed E-state index contributed by atoms with van der Waals surface area (Å²) in [6, 6.07) is 5.90. The Morgan fingerprint density at radius 2 is 1.83 bits per heavy atom. The topological polar surface area (TPSA) is 66.9 Å². The number of rotatable bonds is 5. The molecule has 0 aliphatic heterocycles. The van der Waals surface area contributed by atoms with Gasteiger partial charge >= 0.3 is 6.18 Å². The lowest BCUT2D eigenvalue weighted by Crippen LogP contribution is -2.12. The third-order valence-corrected chi connectivity index (χ3v) is 3.30. The summed E-state index contributed by atoms with van der Waals surface area (Å²) in [5.41, 5.74) is -0.769. The van der Waals surface area contributed by atoms with Crippen LogP contribution in [-0.4, -0.2) is 16.1 Å². The Hall–Kier alpha value is -2.35. The Bertz CT molecular complexity index is 720. The molecule has 24 heavy (non-hydrogen) atoms. The molecule has 0 bridgehead atoms. The molecule has 0 unspecified atom stereocenters. The number of carbonyl (C=O) groups excluding carboxylic acids is 1. The first-order valence-electron chi connectivity index (χ1n) is 7.07. The zero-order valence-corrected chi connectivity index (χ0v) is 13.4. The lowest BCUT2D eigenvalue weighted by molar-refractivity contribution is -0.137. The van der Waals surface area contributed by atoms with E-state index in [9.17, 15) is 18.0 Å². The lowest BCUT2D eigenvalue weighted by atomic mass is 10.2. The van der Waals surface area contributed by atoms with Gasteiger partial charge in [0.15, 0.2) is 11.6 Å². The molecule has 0 aliphatic rings. The van der Waals surface area contributed by atoms with E-state index in [0.29, 0.717) is 12.8 Å². The fraction of sp³-hybridized carbons (Fsp3) is 0.267. The van der Waals surface area contributed by atoms with E-state index in [1.807, 2.05) is 6.92 Å². The van der Waals surface area contributed by atoms with Gasteiger partial charge in [0, 0.05) is 6.42 Å². The summed E-state index contributed by atoms with van der Waals surface area (Å²) >= 11 is 5.90. The quantitative estimate of drug-likeness (QED) is 0.817. The van der Waals surface area contributed by atoms with Gasteiger partial charge in [-0.25, -0.2) is 0 Å². The molecule has 1 amide bonds. The number of aromatic nitrogens is 2. The van der Waals surface area contributed by atoms with Crippen molar-refractivity contribution in [1.29, 1.82) is 0 Å². The highest BCUT2D eigenvalue weighted by Crippen LogP contribution is 2.34. The number of nitrogens with one attached hydrogen (secondary N) is 2. The van der Waals surface area contributed by atoms with E-state index in [2.05, 4.69) is 20.8 Å². The minimum Gasteiger partial charge on any atom is -0.338 e. The van der Waals surface area contributed by atoms with Crippen LogP contribution in [0.3, 0.4) is 0 Å². The molecule has 0 aliphatic carbocycles. The van der Waals surface area contributed by atoms with E-state index in [1.54, 1.807) is 0 Å². The summed E-state index contributed by atoms with van der Waals surface area (Å²) in [5.74, 6) is 0.271. The Morgan fingerprint density at radius 3 is 2.42 bits per heavy atom. The molecule has 0 spiro atoms. The van der Waals surface area contributed by atoms with Crippen molar-refractivity contribution in [2.45, 2.75) is 25.9 Å². The first-order chi connectivity index (χ1) is 11.3. The zero-order valence-electron chi connectivity index (χ0n) is 12.6. The van der Waals surface area contributed by atoms with Gasteiger partial charge < -0.3 is 10.6 Å². The van der Waals surface area contributed by atoms with Crippen molar-refractivity contribution >= 4 is 34.8 Å². The predicted octanol–water partition coefficient (Wildman–Crippen LogP) is 4.63. The average molecular weight is 359 g/mol. The molecular weight excluding hydrogens is 345 g/mol. The highest BCUT2D eigenvalue weighted by Gasteiger charge is 2.31. The minimum atomic E-state index is -4.47. The second-order valence-corrected chi connectivity index (χ2v) is 5.33. The van der Waals surface area contributed by atoms with Crippen LogP contribution < -0.4 is 10.6 Å². The summed E-state index contributed by atoms with van der Waals surface area (Å²) in [6.07, 6.45) is -3.41.